The topological polar surface area (TPSA) is 40.5 Å². The molecule has 2 N–H and O–H groups in total. The number of phenolic OH excluding ortho intramolecular Hbond substituents is 2. The van der Waals surface area contributed by atoms with Gasteiger partial charge in [-0.1, -0.05) is 179 Å². The van der Waals surface area contributed by atoms with Crippen LogP contribution < -0.4 is 0 Å². The summed E-state index contributed by atoms with van der Waals surface area (Å²) in [4.78, 5) is 0. The molecule has 0 aliphatic heterocycles. The van der Waals surface area contributed by atoms with Crippen LogP contribution in [0.3, 0.4) is 0 Å². The number of rotatable bonds is 22. The molecule has 0 aromatic heterocycles. The van der Waals surface area contributed by atoms with Crippen molar-refractivity contribution in [1.29, 1.82) is 0 Å². The summed E-state index contributed by atoms with van der Waals surface area (Å²) in [5, 5.41) is 19.8. The lowest BCUT2D eigenvalue weighted by Gasteiger charge is -2.42. The average molecular weight is 631 g/mol. The molecule has 0 atom stereocenters. The van der Waals surface area contributed by atoms with E-state index in [0.29, 0.717) is 11.5 Å². The van der Waals surface area contributed by atoms with Crippen molar-refractivity contribution in [2.45, 2.75) is 186 Å². The van der Waals surface area contributed by atoms with E-state index in [4.69, 9.17) is 0 Å². The maximum atomic E-state index is 9.90. The molecular weight excluding hydrogens is 560 g/mol. The first-order valence-electron chi connectivity index (χ1n) is 20.2. The van der Waals surface area contributed by atoms with Crippen molar-refractivity contribution in [2.24, 2.45) is 17.8 Å². The predicted molar refractivity (Wildman–Crippen MR) is 198 cm³/mol. The SMILES string of the molecule is CCCCCCCCCCCCCCCCCC[C@H]1CC[C@H](CCC2CCC(c3ccc(O)cc3)(c3ccc(O)cc3)CC2)CC1. The first kappa shape index (κ1) is 36.9. The average Bonchev–Trinajstić information content (AvgIpc) is 3.08. The Kier molecular flexibility index (Phi) is 16.9. The van der Waals surface area contributed by atoms with Crippen molar-refractivity contribution in [3.63, 3.8) is 0 Å². The smallest absolute Gasteiger partial charge is 0.115 e. The molecule has 0 spiro atoms. The van der Waals surface area contributed by atoms with Gasteiger partial charge in [-0.3, -0.25) is 0 Å². The van der Waals surface area contributed by atoms with Gasteiger partial charge in [-0.15, -0.1) is 0 Å². The second-order valence-electron chi connectivity index (χ2n) is 15.7. The molecule has 4 rings (SSSR count). The van der Waals surface area contributed by atoms with E-state index in [0.717, 1.165) is 30.6 Å². The Labute approximate surface area is 284 Å². The minimum atomic E-state index is -0.0113. The van der Waals surface area contributed by atoms with E-state index in [2.05, 4.69) is 31.2 Å². The van der Waals surface area contributed by atoms with Gasteiger partial charge < -0.3 is 10.2 Å². The van der Waals surface area contributed by atoms with E-state index in [1.54, 1.807) is 0 Å². The maximum absolute atomic E-state index is 9.90. The van der Waals surface area contributed by atoms with Crippen molar-refractivity contribution in [3.8, 4) is 11.5 Å². The van der Waals surface area contributed by atoms with Crippen molar-refractivity contribution in [1.82, 2.24) is 0 Å². The molecular formula is C44H70O2. The summed E-state index contributed by atoms with van der Waals surface area (Å²) in [6.45, 7) is 2.30. The van der Waals surface area contributed by atoms with Crippen LogP contribution in [0.25, 0.3) is 0 Å². The summed E-state index contributed by atoms with van der Waals surface area (Å²) < 4.78 is 0. The zero-order valence-corrected chi connectivity index (χ0v) is 29.8. The van der Waals surface area contributed by atoms with Crippen molar-refractivity contribution in [3.05, 3.63) is 59.7 Å². The molecule has 2 nitrogen and oxygen atoms in total. The molecule has 2 aliphatic rings. The van der Waals surface area contributed by atoms with Crippen LogP contribution in [0.2, 0.25) is 0 Å². The normalized spacial score (nSPS) is 20.2. The van der Waals surface area contributed by atoms with Gasteiger partial charge in [-0.2, -0.15) is 0 Å². The van der Waals surface area contributed by atoms with Gasteiger partial charge in [0.05, 0.1) is 0 Å². The number of hydrogen-bond donors (Lipinski definition) is 2. The molecule has 2 heteroatoms. The molecule has 0 saturated heterocycles. The summed E-state index contributed by atoms with van der Waals surface area (Å²) in [5.41, 5.74) is 2.59. The molecule has 2 saturated carbocycles. The second kappa shape index (κ2) is 21.1. The summed E-state index contributed by atoms with van der Waals surface area (Å²) in [6.07, 6.45) is 38.5. The van der Waals surface area contributed by atoms with Crippen molar-refractivity contribution >= 4 is 0 Å². The van der Waals surface area contributed by atoms with Gasteiger partial charge in [-0.05, 0) is 78.8 Å². The molecule has 0 bridgehead atoms. The fraction of sp³-hybridized carbons (Fsp3) is 0.727. The molecule has 0 unspecified atom stereocenters. The summed E-state index contributed by atoms with van der Waals surface area (Å²) in [6, 6.07) is 15.8. The van der Waals surface area contributed by atoms with E-state index in [1.807, 2.05) is 24.3 Å². The largest absolute Gasteiger partial charge is 0.508 e. The van der Waals surface area contributed by atoms with Gasteiger partial charge in [0.15, 0.2) is 0 Å². The number of aromatic hydroxyl groups is 2. The highest BCUT2D eigenvalue weighted by Crippen LogP contribution is 2.48. The standard InChI is InChI=1S/C44H70O2/c1-2-3-4-5-6-7-8-9-10-11-12-13-14-15-16-17-18-37-19-21-38(22-20-37)23-24-39-33-35-44(36-34-39,40-25-29-42(45)30-26-40)41-27-31-43(46)32-28-41/h25-32,37-39,45-46H,2-24,33-36H2,1H3/t37-,38-. The highest BCUT2D eigenvalue weighted by molar-refractivity contribution is 5.43. The molecule has 0 heterocycles. The molecule has 46 heavy (non-hydrogen) atoms. The zero-order chi connectivity index (χ0) is 32.3. The number of unbranched alkanes of at least 4 members (excludes halogenated alkanes) is 15. The van der Waals surface area contributed by atoms with Gasteiger partial charge in [0.1, 0.15) is 11.5 Å². The molecule has 0 radical (unpaired) electrons. The van der Waals surface area contributed by atoms with Crippen LogP contribution in [0.1, 0.15) is 191 Å². The monoisotopic (exact) mass is 631 g/mol. The summed E-state index contributed by atoms with van der Waals surface area (Å²) in [7, 11) is 0. The van der Waals surface area contributed by atoms with Crippen LogP contribution in [-0.2, 0) is 5.41 Å². The van der Waals surface area contributed by atoms with Crippen molar-refractivity contribution < 1.29 is 10.2 Å². The van der Waals surface area contributed by atoms with E-state index < -0.39 is 0 Å². The molecule has 2 aliphatic carbocycles. The quantitative estimate of drug-likeness (QED) is 0.127. The lowest BCUT2D eigenvalue weighted by molar-refractivity contribution is 0.208. The van der Waals surface area contributed by atoms with Crippen LogP contribution in [0.5, 0.6) is 11.5 Å². The zero-order valence-electron chi connectivity index (χ0n) is 29.8. The highest BCUT2D eigenvalue weighted by atomic mass is 16.3. The number of hydrogen-bond acceptors (Lipinski definition) is 2. The predicted octanol–water partition coefficient (Wildman–Crippen LogP) is 13.8. The second-order valence-corrected chi connectivity index (χ2v) is 15.7. The van der Waals surface area contributed by atoms with E-state index >= 15 is 0 Å². The van der Waals surface area contributed by atoms with Gasteiger partial charge in [0, 0.05) is 5.41 Å². The Morgan fingerprint density at radius 3 is 1.15 bits per heavy atom. The van der Waals surface area contributed by atoms with Gasteiger partial charge in [0.2, 0.25) is 0 Å². The van der Waals surface area contributed by atoms with Gasteiger partial charge >= 0.3 is 0 Å². The Morgan fingerprint density at radius 1 is 0.435 bits per heavy atom. The lowest BCUT2D eigenvalue weighted by atomic mass is 9.62. The molecule has 2 fully saturated rings. The van der Waals surface area contributed by atoms with Crippen LogP contribution >= 0.6 is 0 Å². The summed E-state index contributed by atoms with van der Waals surface area (Å²) in [5.74, 6) is 3.47. The first-order chi connectivity index (χ1) is 22.6. The van der Waals surface area contributed by atoms with Crippen molar-refractivity contribution in [2.75, 3.05) is 0 Å². The van der Waals surface area contributed by atoms with Crippen LogP contribution in [0.15, 0.2) is 48.5 Å². The third-order valence-corrected chi connectivity index (χ3v) is 12.2. The molecule has 0 amide bonds. The molecule has 258 valence electrons. The lowest BCUT2D eigenvalue weighted by Crippen LogP contribution is -2.33. The minimum Gasteiger partial charge on any atom is -0.508 e. The first-order valence-corrected chi connectivity index (χ1v) is 20.2. The fourth-order valence-electron chi connectivity index (χ4n) is 9.03. The van der Waals surface area contributed by atoms with Crippen LogP contribution in [0.4, 0.5) is 0 Å². The summed E-state index contributed by atoms with van der Waals surface area (Å²) >= 11 is 0. The molecule has 2 aromatic carbocycles. The Bertz CT molecular complexity index is 977. The van der Waals surface area contributed by atoms with Crippen LogP contribution in [-0.4, -0.2) is 10.2 Å². The third-order valence-electron chi connectivity index (χ3n) is 12.2. The number of phenols is 2. The third kappa shape index (κ3) is 12.6. The van der Waals surface area contributed by atoms with E-state index in [-0.39, 0.29) is 5.41 Å². The number of benzene rings is 2. The highest BCUT2D eigenvalue weighted by Gasteiger charge is 2.38. The fourth-order valence-corrected chi connectivity index (χ4v) is 9.03. The minimum absolute atomic E-state index is 0.0113. The van der Waals surface area contributed by atoms with E-state index in [9.17, 15) is 10.2 Å². The Hall–Kier alpha value is -1.96. The van der Waals surface area contributed by atoms with E-state index in [1.165, 1.54) is 172 Å². The Balaban J connectivity index is 1.01. The maximum Gasteiger partial charge on any atom is 0.115 e. The van der Waals surface area contributed by atoms with Gasteiger partial charge in [-0.25, -0.2) is 0 Å². The van der Waals surface area contributed by atoms with Crippen LogP contribution in [0, 0.1) is 17.8 Å². The Morgan fingerprint density at radius 2 is 0.761 bits per heavy atom. The van der Waals surface area contributed by atoms with Gasteiger partial charge in [0.25, 0.3) is 0 Å². The molecule has 2 aromatic rings.